The minimum absolute atomic E-state index is 0.238. The third kappa shape index (κ3) is 2.30. The zero-order chi connectivity index (χ0) is 13.2. The molecule has 1 amide bonds. The molecule has 19 heavy (non-hydrogen) atoms. The minimum Gasteiger partial charge on any atom is -0.361 e. The number of amides is 1. The van der Waals surface area contributed by atoms with Gasteiger partial charge in [0.25, 0.3) is 5.91 Å². The SMILES string of the molecule is O=C(Nc1ccc2[nH]ccc2c1)c1ccnc(F)c1. The van der Waals surface area contributed by atoms with Crippen LogP contribution >= 0.6 is 0 Å². The molecule has 2 aromatic heterocycles. The Labute approximate surface area is 108 Å². The first-order valence-electron chi connectivity index (χ1n) is 5.72. The first kappa shape index (κ1) is 11.4. The lowest BCUT2D eigenvalue weighted by atomic mass is 10.2. The van der Waals surface area contributed by atoms with E-state index < -0.39 is 5.95 Å². The monoisotopic (exact) mass is 255 g/mol. The second-order valence-electron chi connectivity index (χ2n) is 4.10. The number of carbonyl (C=O) groups excluding carboxylic acids is 1. The fourth-order valence-corrected chi connectivity index (χ4v) is 1.88. The van der Waals surface area contributed by atoms with Gasteiger partial charge in [-0.1, -0.05) is 0 Å². The Balaban J connectivity index is 1.86. The lowest BCUT2D eigenvalue weighted by molar-refractivity contribution is 0.102. The molecule has 0 fully saturated rings. The first-order valence-corrected chi connectivity index (χ1v) is 5.72. The minimum atomic E-state index is -0.672. The van der Waals surface area contributed by atoms with Gasteiger partial charge in [0, 0.05) is 40.6 Å². The Kier molecular flexibility index (Phi) is 2.72. The second kappa shape index (κ2) is 4.53. The van der Waals surface area contributed by atoms with E-state index in [9.17, 15) is 9.18 Å². The van der Waals surface area contributed by atoms with Gasteiger partial charge in [-0.2, -0.15) is 4.39 Å². The molecule has 94 valence electrons. The van der Waals surface area contributed by atoms with Crippen molar-refractivity contribution in [3.05, 3.63) is 60.3 Å². The number of H-pyrrole nitrogens is 1. The molecular formula is C14H10FN3O. The smallest absolute Gasteiger partial charge is 0.255 e. The molecule has 0 aliphatic carbocycles. The van der Waals surface area contributed by atoms with Crippen LogP contribution in [0.25, 0.3) is 10.9 Å². The summed E-state index contributed by atoms with van der Waals surface area (Å²) < 4.78 is 12.9. The molecule has 0 bridgehead atoms. The van der Waals surface area contributed by atoms with Gasteiger partial charge in [0.1, 0.15) is 0 Å². The van der Waals surface area contributed by atoms with Crippen molar-refractivity contribution in [1.29, 1.82) is 0 Å². The number of hydrogen-bond donors (Lipinski definition) is 2. The van der Waals surface area contributed by atoms with Crippen LogP contribution in [-0.4, -0.2) is 15.9 Å². The first-order chi connectivity index (χ1) is 9.22. The van der Waals surface area contributed by atoms with E-state index in [4.69, 9.17) is 0 Å². The van der Waals surface area contributed by atoms with Gasteiger partial charge in [-0.25, -0.2) is 4.98 Å². The van der Waals surface area contributed by atoms with E-state index in [0.29, 0.717) is 5.69 Å². The van der Waals surface area contributed by atoms with Crippen molar-refractivity contribution < 1.29 is 9.18 Å². The van der Waals surface area contributed by atoms with Gasteiger partial charge in [-0.3, -0.25) is 4.79 Å². The van der Waals surface area contributed by atoms with E-state index in [-0.39, 0.29) is 11.5 Å². The van der Waals surface area contributed by atoms with E-state index in [0.717, 1.165) is 17.0 Å². The number of aromatic amines is 1. The molecular weight excluding hydrogens is 245 g/mol. The van der Waals surface area contributed by atoms with E-state index in [2.05, 4.69) is 15.3 Å². The molecule has 0 saturated heterocycles. The molecule has 2 heterocycles. The third-order valence-electron chi connectivity index (χ3n) is 2.80. The van der Waals surface area contributed by atoms with Crippen LogP contribution in [0.3, 0.4) is 0 Å². The summed E-state index contributed by atoms with van der Waals surface area (Å²) >= 11 is 0. The van der Waals surface area contributed by atoms with E-state index in [1.165, 1.54) is 12.3 Å². The van der Waals surface area contributed by atoms with Crippen molar-refractivity contribution in [2.24, 2.45) is 0 Å². The summed E-state index contributed by atoms with van der Waals surface area (Å²) in [5.74, 6) is -1.04. The second-order valence-corrected chi connectivity index (χ2v) is 4.10. The number of pyridine rings is 1. The number of benzene rings is 1. The molecule has 1 aromatic carbocycles. The molecule has 2 N–H and O–H groups in total. The predicted molar refractivity (Wildman–Crippen MR) is 70.4 cm³/mol. The number of rotatable bonds is 2. The molecule has 0 unspecified atom stereocenters. The maximum absolute atomic E-state index is 12.9. The largest absolute Gasteiger partial charge is 0.361 e. The highest BCUT2D eigenvalue weighted by atomic mass is 19.1. The number of anilines is 1. The molecule has 0 saturated carbocycles. The molecule has 0 radical (unpaired) electrons. The number of nitrogens with zero attached hydrogens (tertiary/aromatic N) is 1. The van der Waals surface area contributed by atoms with Crippen molar-refractivity contribution in [2.45, 2.75) is 0 Å². The number of nitrogens with one attached hydrogen (secondary N) is 2. The number of hydrogen-bond acceptors (Lipinski definition) is 2. The van der Waals surface area contributed by atoms with Crippen LogP contribution in [0.4, 0.5) is 10.1 Å². The molecule has 3 aromatic rings. The van der Waals surface area contributed by atoms with E-state index in [1.807, 2.05) is 24.4 Å². The predicted octanol–water partition coefficient (Wildman–Crippen LogP) is 2.95. The van der Waals surface area contributed by atoms with Crippen molar-refractivity contribution >= 4 is 22.5 Å². The van der Waals surface area contributed by atoms with Gasteiger partial charge in [0.2, 0.25) is 5.95 Å². The lowest BCUT2D eigenvalue weighted by Crippen LogP contribution is -2.12. The Morgan fingerprint density at radius 3 is 2.95 bits per heavy atom. The van der Waals surface area contributed by atoms with Crippen molar-refractivity contribution in [2.75, 3.05) is 5.32 Å². The van der Waals surface area contributed by atoms with Crippen LogP contribution in [0.1, 0.15) is 10.4 Å². The zero-order valence-corrected chi connectivity index (χ0v) is 9.85. The highest BCUT2D eigenvalue weighted by Gasteiger charge is 2.07. The fourth-order valence-electron chi connectivity index (χ4n) is 1.88. The number of fused-ring (bicyclic) bond motifs is 1. The van der Waals surface area contributed by atoms with Crippen LogP contribution in [-0.2, 0) is 0 Å². The van der Waals surface area contributed by atoms with Gasteiger partial charge in [-0.05, 0) is 30.3 Å². The van der Waals surface area contributed by atoms with Gasteiger partial charge in [-0.15, -0.1) is 0 Å². The van der Waals surface area contributed by atoms with Crippen molar-refractivity contribution in [1.82, 2.24) is 9.97 Å². The summed E-state index contributed by atoms with van der Waals surface area (Å²) in [6.07, 6.45) is 3.09. The van der Waals surface area contributed by atoms with Crippen LogP contribution in [0.2, 0.25) is 0 Å². The third-order valence-corrected chi connectivity index (χ3v) is 2.80. The summed E-state index contributed by atoms with van der Waals surface area (Å²) in [5.41, 5.74) is 1.89. The van der Waals surface area contributed by atoms with Crippen molar-refractivity contribution in [3.8, 4) is 0 Å². The maximum atomic E-state index is 12.9. The summed E-state index contributed by atoms with van der Waals surface area (Å²) in [6.45, 7) is 0. The summed E-state index contributed by atoms with van der Waals surface area (Å²) in [5, 5.41) is 3.72. The Morgan fingerprint density at radius 1 is 1.21 bits per heavy atom. The molecule has 3 rings (SSSR count). The Morgan fingerprint density at radius 2 is 2.11 bits per heavy atom. The topological polar surface area (TPSA) is 57.8 Å². The molecule has 0 spiro atoms. The fraction of sp³-hybridized carbons (Fsp3) is 0. The van der Waals surface area contributed by atoms with Gasteiger partial charge in [0.15, 0.2) is 0 Å². The Hall–Kier alpha value is -2.69. The molecule has 0 aliphatic heterocycles. The van der Waals surface area contributed by atoms with Crippen LogP contribution < -0.4 is 5.32 Å². The highest BCUT2D eigenvalue weighted by Crippen LogP contribution is 2.18. The van der Waals surface area contributed by atoms with Crippen LogP contribution in [0.5, 0.6) is 0 Å². The van der Waals surface area contributed by atoms with E-state index >= 15 is 0 Å². The summed E-state index contributed by atoms with van der Waals surface area (Å²) in [6, 6.07) is 9.99. The Bertz CT molecular complexity index is 751. The average Bonchev–Trinajstić information content (AvgIpc) is 2.86. The van der Waals surface area contributed by atoms with Crippen LogP contribution in [0, 0.1) is 5.95 Å². The standard InChI is InChI=1S/C14H10FN3O/c15-13-8-10(4-6-17-13)14(19)18-11-1-2-12-9(7-11)3-5-16-12/h1-8,16H,(H,18,19). The molecule has 4 nitrogen and oxygen atoms in total. The number of aromatic nitrogens is 2. The number of carbonyl (C=O) groups is 1. The van der Waals surface area contributed by atoms with Crippen LogP contribution in [0.15, 0.2) is 48.8 Å². The van der Waals surface area contributed by atoms with E-state index in [1.54, 1.807) is 6.07 Å². The molecule has 0 aliphatic rings. The zero-order valence-electron chi connectivity index (χ0n) is 9.85. The highest BCUT2D eigenvalue weighted by molar-refractivity contribution is 6.05. The maximum Gasteiger partial charge on any atom is 0.255 e. The number of halogens is 1. The van der Waals surface area contributed by atoms with Gasteiger partial charge >= 0.3 is 0 Å². The van der Waals surface area contributed by atoms with Gasteiger partial charge in [0.05, 0.1) is 0 Å². The quantitative estimate of drug-likeness (QED) is 0.692. The summed E-state index contributed by atoms with van der Waals surface area (Å²) in [4.78, 5) is 18.4. The normalized spacial score (nSPS) is 10.6. The average molecular weight is 255 g/mol. The van der Waals surface area contributed by atoms with Crippen molar-refractivity contribution in [3.63, 3.8) is 0 Å². The molecule has 5 heteroatoms. The lowest BCUT2D eigenvalue weighted by Gasteiger charge is -2.05. The summed E-state index contributed by atoms with van der Waals surface area (Å²) in [7, 11) is 0. The molecule has 0 atom stereocenters. The van der Waals surface area contributed by atoms with Gasteiger partial charge < -0.3 is 10.3 Å².